The summed E-state index contributed by atoms with van der Waals surface area (Å²) in [7, 11) is 0. The number of hydrogen-bond acceptors (Lipinski definition) is 5. The van der Waals surface area contributed by atoms with Crippen molar-refractivity contribution in [1.29, 1.82) is 0 Å². The van der Waals surface area contributed by atoms with Crippen LogP contribution in [-0.4, -0.2) is 74.4 Å². The van der Waals surface area contributed by atoms with Crippen molar-refractivity contribution in [2.45, 2.75) is 55.7 Å². The Morgan fingerprint density at radius 3 is 2.40 bits per heavy atom. The summed E-state index contributed by atoms with van der Waals surface area (Å²) in [6, 6.07) is 13.8. The number of fused-ring (bicyclic) bond motifs is 2. The number of amides is 3. The Kier molecular flexibility index (Phi) is 7.34. The number of hydrogen-bond donors (Lipinski definition) is 1. The number of anilines is 1. The Hall–Kier alpha value is -3.36. The minimum absolute atomic E-state index is 0.0376. The molecule has 4 aliphatic rings. The van der Waals surface area contributed by atoms with E-state index < -0.39 is 33.4 Å². The molecule has 0 aromatic heterocycles. The molecule has 6 rings (SSSR count). The first-order valence-electron chi connectivity index (χ1n) is 14.9. The van der Waals surface area contributed by atoms with E-state index in [0.717, 1.165) is 28.8 Å². The molecule has 6 atom stereocenters. The van der Waals surface area contributed by atoms with Crippen LogP contribution in [-0.2, 0) is 14.4 Å². The third kappa shape index (κ3) is 4.25. The van der Waals surface area contributed by atoms with Gasteiger partial charge in [0.15, 0.2) is 0 Å². The van der Waals surface area contributed by atoms with Gasteiger partial charge in [-0.3, -0.25) is 14.4 Å². The van der Waals surface area contributed by atoms with Gasteiger partial charge in [0.25, 0.3) is 5.91 Å². The second-order valence-corrected chi connectivity index (χ2v) is 14.0. The van der Waals surface area contributed by atoms with Crippen LogP contribution in [0.15, 0.2) is 72.8 Å². The van der Waals surface area contributed by atoms with Gasteiger partial charge in [0.2, 0.25) is 11.8 Å². The molecule has 7 nitrogen and oxygen atoms in total. The van der Waals surface area contributed by atoms with Crippen molar-refractivity contribution in [2.75, 3.05) is 31.1 Å². The summed E-state index contributed by atoms with van der Waals surface area (Å²) < 4.78 is -1.64. The second-order valence-electron chi connectivity index (χ2n) is 12.2. The van der Waals surface area contributed by atoms with Crippen LogP contribution in [0.4, 0.5) is 5.69 Å². The SMILES string of the molecule is CCCN1CC=C[C@]2(C)S[C@]34C=CCN(c5cc(C)ccc5C)C(=O)C3N([C@H](CO)c3ccccc3)C(=O)[C@@H]4[C@@H]2C1=O. The summed E-state index contributed by atoms with van der Waals surface area (Å²) in [6.45, 7) is 9.23. The van der Waals surface area contributed by atoms with Crippen molar-refractivity contribution < 1.29 is 19.5 Å². The van der Waals surface area contributed by atoms with Gasteiger partial charge in [-0.05, 0) is 49.9 Å². The zero-order valence-corrected chi connectivity index (χ0v) is 25.5. The highest BCUT2D eigenvalue weighted by atomic mass is 32.2. The van der Waals surface area contributed by atoms with E-state index in [1.54, 1.807) is 21.6 Å². The Morgan fingerprint density at radius 2 is 1.69 bits per heavy atom. The highest BCUT2D eigenvalue weighted by molar-refractivity contribution is 8.02. The first kappa shape index (κ1) is 28.7. The van der Waals surface area contributed by atoms with Crippen LogP contribution in [0.1, 0.15) is 43.0 Å². The number of aliphatic hydroxyl groups excluding tert-OH is 1. The van der Waals surface area contributed by atoms with Crippen LogP contribution in [0, 0.1) is 25.7 Å². The number of aliphatic hydroxyl groups is 1. The molecule has 0 radical (unpaired) electrons. The van der Waals surface area contributed by atoms with Gasteiger partial charge in [-0.2, -0.15) is 0 Å². The lowest BCUT2D eigenvalue weighted by molar-refractivity contribution is -0.145. The average molecular weight is 586 g/mol. The lowest BCUT2D eigenvalue weighted by Gasteiger charge is -2.40. The van der Waals surface area contributed by atoms with Gasteiger partial charge in [-0.25, -0.2) is 0 Å². The summed E-state index contributed by atoms with van der Waals surface area (Å²) in [5, 5.41) is 10.8. The van der Waals surface area contributed by atoms with Crippen molar-refractivity contribution in [3.05, 3.63) is 89.5 Å². The molecule has 2 fully saturated rings. The van der Waals surface area contributed by atoms with Crippen molar-refractivity contribution in [1.82, 2.24) is 9.80 Å². The number of nitrogens with zero attached hydrogens (tertiary/aromatic N) is 3. The van der Waals surface area contributed by atoms with Gasteiger partial charge in [0, 0.05) is 30.1 Å². The fraction of sp³-hybridized carbons (Fsp3) is 0.441. The number of carbonyl (C=O) groups excluding carboxylic acids is 3. The van der Waals surface area contributed by atoms with Crippen LogP contribution in [0.5, 0.6) is 0 Å². The third-order valence-electron chi connectivity index (χ3n) is 9.42. The van der Waals surface area contributed by atoms with Crippen LogP contribution in [0.3, 0.4) is 0 Å². The van der Waals surface area contributed by atoms with Gasteiger partial charge < -0.3 is 19.8 Å². The van der Waals surface area contributed by atoms with E-state index in [2.05, 4.69) is 6.08 Å². The fourth-order valence-corrected chi connectivity index (χ4v) is 9.72. The maximum atomic E-state index is 14.9. The monoisotopic (exact) mass is 585 g/mol. The zero-order valence-electron chi connectivity index (χ0n) is 24.7. The highest BCUT2D eigenvalue weighted by Gasteiger charge is 2.74. The molecule has 1 unspecified atom stereocenters. The van der Waals surface area contributed by atoms with Crippen molar-refractivity contribution in [2.24, 2.45) is 11.8 Å². The molecule has 2 saturated heterocycles. The maximum absolute atomic E-state index is 14.9. The summed E-state index contributed by atoms with van der Waals surface area (Å²) in [6.07, 6.45) is 8.99. The van der Waals surface area contributed by atoms with E-state index in [-0.39, 0.29) is 24.3 Å². The molecular weight excluding hydrogens is 546 g/mol. The molecule has 2 aromatic carbocycles. The van der Waals surface area contributed by atoms with E-state index in [1.807, 2.05) is 99.4 Å². The van der Waals surface area contributed by atoms with Gasteiger partial charge in [-0.15, -0.1) is 11.8 Å². The Bertz CT molecular complexity index is 1470. The van der Waals surface area contributed by atoms with E-state index in [9.17, 15) is 19.5 Å². The molecule has 3 amide bonds. The Balaban J connectivity index is 1.55. The second kappa shape index (κ2) is 10.7. The van der Waals surface area contributed by atoms with E-state index in [1.165, 1.54) is 0 Å². The molecule has 0 aliphatic carbocycles. The normalized spacial score (nSPS) is 31.1. The predicted octanol–water partition coefficient (Wildman–Crippen LogP) is 4.44. The van der Waals surface area contributed by atoms with Gasteiger partial charge in [0.05, 0.1) is 29.2 Å². The largest absolute Gasteiger partial charge is 0.394 e. The van der Waals surface area contributed by atoms with Gasteiger partial charge in [-0.1, -0.05) is 73.7 Å². The molecule has 0 saturated carbocycles. The van der Waals surface area contributed by atoms with Crippen LogP contribution < -0.4 is 4.90 Å². The number of benzene rings is 2. The van der Waals surface area contributed by atoms with Crippen LogP contribution in [0.25, 0.3) is 0 Å². The molecule has 8 heteroatoms. The lowest BCUT2D eigenvalue weighted by Crippen LogP contribution is -2.54. The number of aryl methyl sites for hydroxylation is 2. The molecule has 1 spiro atoms. The first-order chi connectivity index (χ1) is 20.2. The molecule has 220 valence electrons. The summed E-state index contributed by atoms with van der Waals surface area (Å²) in [5.74, 6) is -1.85. The minimum atomic E-state index is -0.975. The fourth-order valence-electron chi connectivity index (χ4n) is 7.57. The molecule has 0 bridgehead atoms. The summed E-state index contributed by atoms with van der Waals surface area (Å²) in [5.41, 5.74) is 3.58. The van der Waals surface area contributed by atoms with Gasteiger partial charge in [0.1, 0.15) is 6.04 Å². The zero-order chi connectivity index (χ0) is 29.8. The number of likely N-dealkylation sites (tertiary alicyclic amines) is 1. The molecule has 2 aromatic rings. The number of rotatable bonds is 6. The summed E-state index contributed by atoms with van der Waals surface area (Å²) >= 11 is 1.58. The minimum Gasteiger partial charge on any atom is -0.394 e. The first-order valence-corrected chi connectivity index (χ1v) is 15.7. The Labute approximate surface area is 252 Å². The standard InChI is InChI=1S/C34H39N3O4S/c1-5-17-35-18-9-15-33(4)27(30(35)39)28-31(40)37(26(21-38)24-11-7-6-8-12-24)29-32(41)36(19-10-16-34(28,29)42-33)25-20-22(2)13-14-23(25)3/h6-16,20,26-29,38H,5,17-19,21H2,1-4H3/t26-,27-,28+,29?,33+,34+/m1/s1. The molecule has 4 heterocycles. The topological polar surface area (TPSA) is 81.2 Å². The number of carbonyl (C=O) groups is 3. The van der Waals surface area contributed by atoms with E-state index in [0.29, 0.717) is 19.6 Å². The number of thioether (sulfide) groups is 1. The van der Waals surface area contributed by atoms with E-state index >= 15 is 0 Å². The maximum Gasteiger partial charge on any atom is 0.251 e. The quantitative estimate of drug-likeness (QED) is 0.508. The summed E-state index contributed by atoms with van der Waals surface area (Å²) in [4.78, 5) is 49.3. The van der Waals surface area contributed by atoms with Crippen LogP contribution in [0.2, 0.25) is 0 Å². The molecule has 4 aliphatic heterocycles. The average Bonchev–Trinajstić information content (AvgIpc) is 3.25. The van der Waals surface area contributed by atoms with Crippen molar-refractivity contribution in [3.8, 4) is 0 Å². The molecule has 42 heavy (non-hydrogen) atoms. The van der Waals surface area contributed by atoms with E-state index in [4.69, 9.17) is 0 Å². The third-order valence-corrected chi connectivity index (χ3v) is 11.2. The van der Waals surface area contributed by atoms with Crippen LogP contribution >= 0.6 is 11.8 Å². The van der Waals surface area contributed by atoms with Crippen molar-refractivity contribution >= 4 is 35.2 Å². The van der Waals surface area contributed by atoms with Crippen molar-refractivity contribution in [3.63, 3.8) is 0 Å². The molecular formula is C34H39N3O4S. The van der Waals surface area contributed by atoms with Gasteiger partial charge >= 0.3 is 0 Å². The predicted molar refractivity (Wildman–Crippen MR) is 166 cm³/mol. The highest BCUT2D eigenvalue weighted by Crippen LogP contribution is 2.66. The smallest absolute Gasteiger partial charge is 0.251 e. The Morgan fingerprint density at radius 1 is 0.952 bits per heavy atom. The molecule has 1 N–H and O–H groups in total. The lowest BCUT2D eigenvalue weighted by atomic mass is 9.74.